The Morgan fingerprint density at radius 1 is 1.04 bits per heavy atom. The molecule has 1 amide bonds. The van der Waals surface area contributed by atoms with Gasteiger partial charge in [-0.05, 0) is 48.5 Å². The van der Waals surface area contributed by atoms with Crippen LogP contribution in [0.25, 0.3) is 17.3 Å². The lowest BCUT2D eigenvalue weighted by Gasteiger charge is -2.08. The van der Waals surface area contributed by atoms with Crippen LogP contribution in [-0.2, 0) is 6.54 Å². The SMILES string of the molecule is O=C(NO)c1ccc(NCc2nc(-c3ccco3)nn2-c2ccccc2)cc1. The molecule has 0 aliphatic carbocycles. The third kappa shape index (κ3) is 3.62. The molecule has 4 aromatic rings. The quantitative estimate of drug-likeness (QED) is 0.353. The van der Waals surface area contributed by atoms with E-state index in [0.717, 1.165) is 11.4 Å². The maximum Gasteiger partial charge on any atom is 0.274 e. The Hall–Kier alpha value is -3.91. The molecule has 0 saturated heterocycles. The number of benzene rings is 2. The van der Waals surface area contributed by atoms with Gasteiger partial charge in [-0.15, -0.1) is 5.10 Å². The number of hydroxylamine groups is 1. The van der Waals surface area contributed by atoms with Crippen LogP contribution in [0.2, 0.25) is 0 Å². The lowest BCUT2D eigenvalue weighted by molar-refractivity contribution is 0.0706. The predicted molar refractivity (Wildman–Crippen MR) is 102 cm³/mol. The van der Waals surface area contributed by atoms with E-state index in [1.807, 2.05) is 36.4 Å². The van der Waals surface area contributed by atoms with Crippen molar-refractivity contribution in [2.75, 3.05) is 5.32 Å². The lowest BCUT2D eigenvalue weighted by Crippen LogP contribution is -2.18. The van der Waals surface area contributed by atoms with Crippen molar-refractivity contribution in [3.05, 3.63) is 84.4 Å². The van der Waals surface area contributed by atoms with Crippen molar-refractivity contribution in [2.24, 2.45) is 0 Å². The van der Waals surface area contributed by atoms with Gasteiger partial charge in [0.05, 0.1) is 18.5 Å². The fourth-order valence-electron chi connectivity index (χ4n) is 2.73. The topological polar surface area (TPSA) is 105 Å². The molecule has 0 fully saturated rings. The average Bonchev–Trinajstić information content (AvgIpc) is 3.42. The number of hydrogen-bond donors (Lipinski definition) is 3. The lowest BCUT2D eigenvalue weighted by atomic mass is 10.2. The summed E-state index contributed by atoms with van der Waals surface area (Å²) in [7, 11) is 0. The highest BCUT2D eigenvalue weighted by molar-refractivity contribution is 5.93. The highest BCUT2D eigenvalue weighted by Crippen LogP contribution is 2.20. The van der Waals surface area contributed by atoms with Crippen LogP contribution in [0.5, 0.6) is 0 Å². The van der Waals surface area contributed by atoms with Crippen LogP contribution in [0.3, 0.4) is 0 Å². The summed E-state index contributed by atoms with van der Waals surface area (Å²) in [6.07, 6.45) is 1.58. The second-order valence-corrected chi connectivity index (χ2v) is 5.95. The molecule has 0 unspecified atom stereocenters. The third-order valence-corrected chi connectivity index (χ3v) is 4.12. The zero-order valence-corrected chi connectivity index (χ0v) is 14.7. The van der Waals surface area contributed by atoms with E-state index >= 15 is 0 Å². The van der Waals surface area contributed by atoms with Crippen molar-refractivity contribution in [2.45, 2.75) is 6.54 Å². The Balaban J connectivity index is 1.59. The standard InChI is InChI=1S/C20H17N5O3/c26-20(24-27)14-8-10-15(11-9-14)21-13-18-22-19(17-7-4-12-28-17)23-25(18)16-5-2-1-3-6-16/h1-12,21,27H,13H2,(H,24,26). The van der Waals surface area contributed by atoms with Gasteiger partial charge < -0.3 is 9.73 Å². The molecular formula is C20H17N5O3. The van der Waals surface area contributed by atoms with Crippen LogP contribution < -0.4 is 10.8 Å². The van der Waals surface area contributed by atoms with E-state index in [1.165, 1.54) is 0 Å². The highest BCUT2D eigenvalue weighted by Gasteiger charge is 2.15. The molecule has 8 nitrogen and oxygen atoms in total. The van der Waals surface area contributed by atoms with E-state index < -0.39 is 5.91 Å². The summed E-state index contributed by atoms with van der Waals surface area (Å²) >= 11 is 0. The van der Waals surface area contributed by atoms with Crippen molar-refractivity contribution in [1.29, 1.82) is 0 Å². The molecule has 0 aliphatic rings. The van der Waals surface area contributed by atoms with Crippen LogP contribution in [0, 0.1) is 0 Å². The minimum Gasteiger partial charge on any atom is -0.461 e. The summed E-state index contributed by atoms with van der Waals surface area (Å²) in [5.74, 6) is 1.24. The average molecular weight is 375 g/mol. The fraction of sp³-hybridized carbons (Fsp3) is 0.0500. The number of nitrogens with zero attached hydrogens (tertiary/aromatic N) is 3. The summed E-state index contributed by atoms with van der Waals surface area (Å²) < 4.78 is 7.18. The number of furan rings is 1. The summed E-state index contributed by atoms with van der Waals surface area (Å²) in [6.45, 7) is 0.411. The van der Waals surface area contributed by atoms with E-state index in [4.69, 9.17) is 9.62 Å². The Morgan fingerprint density at radius 3 is 2.50 bits per heavy atom. The molecule has 4 rings (SSSR count). The molecule has 2 heterocycles. The number of carbonyl (C=O) groups is 1. The molecule has 3 N–H and O–H groups in total. The van der Waals surface area contributed by atoms with Crippen LogP contribution in [0.15, 0.2) is 77.4 Å². The Morgan fingerprint density at radius 2 is 1.82 bits per heavy atom. The summed E-state index contributed by atoms with van der Waals surface area (Å²) in [5.41, 5.74) is 3.66. The second kappa shape index (κ2) is 7.77. The maximum absolute atomic E-state index is 11.4. The van der Waals surface area contributed by atoms with Crippen molar-refractivity contribution in [1.82, 2.24) is 20.2 Å². The molecule has 0 bridgehead atoms. The monoisotopic (exact) mass is 375 g/mol. The van der Waals surface area contributed by atoms with E-state index in [2.05, 4.69) is 15.4 Å². The minimum absolute atomic E-state index is 0.362. The first-order valence-corrected chi connectivity index (χ1v) is 8.58. The third-order valence-electron chi connectivity index (χ3n) is 4.12. The number of hydrogen-bond acceptors (Lipinski definition) is 6. The van der Waals surface area contributed by atoms with Crippen molar-refractivity contribution < 1.29 is 14.4 Å². The van der Waals surface area contributed by atoms with Gasteiger partial charge >= 0.3 is 0 Å². The summed E-state index contributed by atoms with van der Waals surface area (Å²) in [5, 5.41) is 16.5. The van der Waals surface area contributed by atoms with Gasteiger partial charge in [-0.25, -0.2) is 15.1 Å². The first-order chi connectivity index (χ1) is 13.7. The Labute approximate surface area is 160 Å². The first-order valence-electron chi connectivity index (χ1n) is 8.58. The molecule has 0 radical (unpaired) electrons. The van der Waals surface area contributed by atoms with Gasteiger partial charge in [0.2, 0.25) is 5.82 Å². The molecule has 0 aliphatic heterocycles. The highest BCUT2D eigenvalue weighted by atomic mass is 16.5. The maximum atomic E-state index is 11.4. The smallest absolute Gasteiger partial charge is 0.274 e. The molecule has 0 spiro atoms. The number of amides is 1. The first kappa shape index (κ1) is 17.5. The molecule has 2 aromatic heterocycles. The predicted octanol–water partition coefficient (Wildman–Crippen LogP) is 3.26. The summed E-state index contributed by atoms with van der Waals surface area (Å²) in [4.78, 5) is 16.0. The van der Waals surface area contributed by atoms with Gasteiger partial charge in [-0.3, -0.25) is 10.0 Å². The number of anilines is 1. The zero-order valence-electron chi connectivity index (χ0n) is 14.7. The molecule has 140 valence electrons. The Kier molecular flexibility index (Phi) is 4.85. The number of nitrogens with one attached hydrogen (secondary N) is 2. The minimum atomic E-state index is -0.557. The zero-order chi connectivity index (χ0) is 19.3. The Bertz CT molecular complexity index is 1060. The van der Waals surface area contributed by atoms with E-state index in [-0.39, 0.29) is 0 Å². The largest absolute Gasteiger partial charge is 0.461 e. The number of carbonyl (C=O) groups excluding carboxylic acids is 1. The number of aromatic nitrogens is 3. The van der Waals surface area contributed by atoms with Gasteiger partial charge in [0.25, 0.3) is 5.91 Å². The molecular weight excluding hydrogens is 358 g/mol. The van der Waals surface area contributed by atoms with Crippen molar-refractivity contribution in [3.63, 3.8) is 0 Å². The second-order valence-electron chi connectivity index (χ2n) is 5.95. The molecule has 2 aromatic carbocycles. The van der Waals surface area contributed by atoms with Gasteiger partial charge in [0.15, 0.2) is 11.6 Å². The van der Waals surface area contributed by atoms with Crippen molar-refractivity contribution in [3.8, 4) is 17.3 Å². The summed E-state index contributed by atoms with van der Waals surface area (Å²) in [6, 6.07) is 20.1. The normalized spacial score (nSPS) is 10.6. The number of rotatable bonds is 6. The molecule has 8 heteroatoms. The van der Waals surface area contributed by atoms with Gasteiger partial charge in [0.1, 0.15) is 0 Å². The van der Waals surface area contributed by atoms with Crippen LogP contribution >= 0.6 is 0 Å². The van der Waals surface area contributed by atoms with Crippen LogP contribution in [0.4, 0.5) is 5.69 Å². The number of para-hydroxylation sites is 1. The van der Waals surface area contributed by atoms with Crippen LogP contribution in [0.1, 0.15) is 16.2 Å². The fourth-order valence-corrected chi connectivity index (χ4v) is 2.73. The van der Waals surface area contributed by atoms with Crippen molar-refractivity contribution >= 4 is 11.6 Å². The van der Waals surface area contributed by atoms with E-state index in [0.29, 0.717) is 29.5 Å². The van der Waals surface area contributed by atoms with Gasteiger partial charge in [-0.2, -0.15) is 0 Å². The van der Waals surface area contributed by atoms with Gasteiger partial charge in [0, 0.05) is 11.3 Å². The van der Waals surface area contributed by atoms with Crippen LogP contribution in [-0.4, -0.2) is 25.9 Å². The molecule has 0 saturated carbocycles. The molecule has 0 atom stereocenters. The van der Waals surface area contributed by atoms with Gasteiger partial charge in [-0.1, -0.05) is 18.2 Å². The van der Waals surface area contributed by atoms with E-state index in [9.17, 15) is 4.79 Å². The molecule has 28 heavy (non-hydrogen) atoms. The van der Waals surface area contributed by atoms with E-state index in [1.54, 1.807) is 46.8 Å².